The molecule has 1 aliphatic heterocycles. The molecule has 8 heteroatoms. The summed E-state index contributed by atoms with van der Waals surface area (Å²) in [6.45, 7) is 3.33. The lowest BCUT2D eigenvalue weighted by molar-refractivity contribution is 0.189. The lowest BCUT2D eigenvalue weighted by Gasteiger charge is -2.13. The highest BCUT2D eigenvalue weighted by Gasteiger charge is 2.25. The van der Waals surface area contributed by atoms with Crippen LogP contribution in [0.25, 0.3) is 0 Å². The Morgan fingerprint density at radius 1 is 1.23 bits per heavy atom. The molecular weight excluding hydrogens is 356 g/mol. The highest BCUT2D eigenvalue weighted by molar-refractivity contribution is 6.29. The number of aliphatic imine (C=N–C) groups is 1. The monoisotopic (exact) mass is 376 g/mol. The van der Waals surface area contributed by atoms with E-state index in [0.717, 1.165) is 17.7 Å². The van der Waals surface area contributed by atoms with Crippen LogP contribution in [0.1, 0.15) is 30.9 Å². The summed E-state index contributed by atoms with van der Waals surface area (Å²) in [4.78, 5) is 34.3. The maximum atomic E-state index is 12.9. The summed E-state index contributed by atoms with van der Waals surface area (Å²) in [5.41, 5.74) is 1.49. The van der Waals surface area contributed by atoms with Gasteiger partial charge in [-0.1, -0.05) is 18.5 Å². The van der Waals surface area contributed by atoms with E-state index in [0.29, 0.717) is 49.1 Å². The summed E-state index contributed by atoms with van der Waals surface area (Å²) in [5, 5.41) is 0.397. The van der Waals surface area contributed by atoms with Crippen LogP contribution in [0, 0.1) is 0 Å². The van der Waals surface area contributed by atoms with Gasteiger partial charge in [0.1, 0.15) is 11.0 Å². The Morgan fingerprint density at radius 2 is 2.04 bits per heavy atom. The largest absolute Gasteiger partial charge is 0.385 e. The zero-order valence-corrected chi connectivity index (χ0v) is 15.6. The van der Waals surface area contributed by atoms with Gasteiger partial charge in [0.25, 0.3) is 5.56 Å². The van der Waals surface area contributed by atoms with Crippen LogP contribution in [0.15, 0.2) is 32.9 Å². The molecule has 0 saturated carbocycles. The summed E-state index contributed by atoms with van der Waals surface area (Å²) in [6, 6.07) is 3.50. The van der Waals surface area contributed by atoms with Gasteiger partial charge in [-0.25, -0.2) is 14.8 Å². The van der Waals surface area contributed by atoms with E-state index >= 15 is 0 Å². The average molecular weight is 377 g/mol. The Hall–Kier alpha value is -2.25. The fourth-order valence-electron chi connectivity index (χ4n) is 3.06. The van der Waals surface area contributed by atoms with Gasteiger partial charge >= 0.3 is 5.69 Å². The zero-order chi connectivity index (χ0) is 18.7. The van der Waals surface area contributed by atoms with Crippen LogP contribution in [0.4, 0.5) is 5.82 Å². The minimum absolute atomic E-state index is 0.269. The van der Waals surface area contributed by atoms with Gasteiger partial charge in [0.15, 0.2) is 0 Å². The second kappa shape index (κ2) is 7.97. The normalized spacial score (nSPS) is 13.0. The SMILES string of the molecule is CCCn1c2c(c(=O)n(CCCOC)c1=O)CC(c1ccc(Cl)nc1)=N2. The van der Waals surface area contributed by atoms with Gasteiger partial charge in [-0.05, 0) is 25.0 Å². The molecule has 0 N–H and O–H groups in total. The molecule has 0 aromatic carbocycles. The van der Waals surface area contributed by atoms with Crippen molar-refractivity contribution in [3.63, 3.8) is 0 Å². The molecular formula is C18H21ClN4O3. The minimum atomic E-state index is -0.314. The van der Waals surface area contributed by atoms with Crippen molar-refractivity contribution in [2.75, 3.05) is 13.7 Å². The van der Waals surface area contributed by atoms with Crippen LogP contribution in [0.3, 0.4) is 0 Å². The third-order valence-electron chi connectivity index (χ3n) is 4.31. The number of aromatic nitrogens is 3. The first-order valence-electron chi connectivity index (χ1n) is 8.61. The van der Waals surface area contributed by atoms with E-state index in [1.807, 2.05) is 13.0 Å². The number of pyridine rings is 1. The van der Waals surface area contributed by atoms with Gasteiger partial charge in [-0.2, -0.15) is 0 Å². The molecule has 3 rings (SSSR count). The van der Waals surface area contributed by atoms with Crippen molar-refractivity contribution >= 4 is 23.1 Å². The standard InChI is InChI=1S/C18H21ClN4O3/c1-3-7-22-16-13(17(24)23(18(22)25)8-4-9-26-2)10-14(21-16)12-5-6-15(19)20-11-12/h5-6,11H,3-4,7-10H2,1-2H3. The van der Waals surface area contributed by atoms with Crippen molar-refractivity contribution in [1.29, 1.82) is 0 Å². The molecule has 0 amide bonds. The minimum Gasteiger partial charge on any atom is -0.385 e. The molecule has 0 fully saturated rings. The molecule has 26 heavy (non-hydrogen) atoms. The summed E-state index contributed by atoms with van der Waals surface area (Å²) < 4.78 is 7.93. The molecule has 138 valence electrons. The van der Waals surface area contributed by atoms with E-state index in [2.05, 4.69) is 9.98 Å². The first-order valence-corrected chi connectivity index (χ1v) is 8.99. The lowest BCUT2D eigenvalue weighted by Crippen LogP contribution is -2.41. The summed E-state index contributed by atoms with van der Waals surface area (Å²) in [5.74, 6) is 0.467. The van der Waals surface area contributed by atoms with Crippen LogP contribution in [-0.4, -0.2) is 33.5 Å². The number of rotatable bonds is 7. The topological polar surface area (TPSA) is 78.5 Å². The van der Waals surface area contributed by atoms with Gasteiger partial charge in [0.2, 0.25) is 0 Å². The number of halogens is 1. The van der Waals surface area contributed by atoms with Gasteiger partial charge in [-0.15, -0.1) is 0 Å². The van der Waals surface area contributed by atoms with Crippen LogP contribution >= 0.6 is 11.6 Å². The van der Waals surface area contributed by atoms with Crippen LogP contribution < -0.4 is 11.2 Å². The number of hydrogen-bond donors (Lipinski definition) is 0. The van der Waals surface area contributed by atoms with Crippen molar-refractivity contribution < 1.29 is 4.74 Å². The molecule has 0 unspecified atom stereocenters. The third kappa shape index (κ3) is 3.50. The second-order valence-corrected chi connectivity index (χ2v) is 6.53. The van der Waals surface area contributed by atoms with Gasteiger partial charge in [-0.3, -0.25) is 13.9 Å². The predicted molar refractivity (Wildman–Crippen MR) is 101 cm³/mol. The molecule has 0 atom stereocenters. The van der Waals surface area contributed by atoms with Gasteiger partial charge in [0, 0.05) is 45.0 Å². The molecule has 0 saturated heterocycles. The molecule has 3 heterocycles. The fraction of sp³-hybridized carbons (Fsp3) is 0.444. The first kappa shape index (κ1) is 18.5. The maximum absolute atomic E-state index is 12.9. The Kier molecular flexibility index (Phi) is 5.68. The number of hydrogen-bond acceptors (Lipinski definition) is 5. The molecule has 0 radical (unpaired) electrons. The van der Waals surface area contributed by atoms with Crippen molar-refractivity contribution in [3.8, 4) is 0 Å². The van der Waals surface area contributed by atoms with Crippen LogP contribution in [0.5, 0.6) is 0 Å². The quantitative estimate of drug-likeness (QED) is 0.548. The fourth-order valence-corrected chi connectivity index (χ4v) is 3.18. The summed E-state index contributed by atoms with van der Waals surface area (Å²) in [6.07, 6.45) is 3.39. The Morgan fingerprint density at radius 3 is 2.69 bits per heavy atom. The zero-order valence-electron chi connectivity index (χ0n) is 14.9. The van der Waals surface area contributed by atoms with Crippen LogP contribution in [-0.2, 0) is 24.2 Å². The van der Waals surface area contributed by atoms with E-state index in [9.17, 15) is 9.59 Å². The molecule has 2 aromatic rings. The molecule has 7 nitrogen and oxygen atoms in total. The van der Waals surface area contributed by atoms with E-state index < -0.39 is 0 Å². The number of ether oxygens (including phenoxy) is 1. The van der Waals surface area contributed by atoms with E-state index in [1.165, 1.54) is 4.57 Å². The van der Waals surface area contributed by atoms with Crippen molar-refractivity contribution in [3.05, 3.63) is 55.4 Å². The van der Waals surface area contributed by atoms with Crippen molar-refractivity contribution in [2.45, 2.75) is 39.3 Å². The summed E-state index contributed by atoms with van der Waals surface area (Å²) in [7, 11) is 1.60. The number of nitrogens with zero attached hydrogens (tertiary/aromatic N) is 4. The Labute approximate surface area is 155 Å². The van der Waals surface area contributed by atoms with Crippen molar-refractivity contribution in [1.82, 2.24) is 14.1 Å². The average Bonchev–Trinajstić information content (AvgIpc) is 3.07. The van der Waals surface area contributed by atoms with Gasteiger partial charge < -0.3 is 4.74 Å². The third-order valence-corrected chi connectivity index (χ3v) is 4.54. The lowest BCUT2D eigenvalue weighted by atomic mass is 10.1. The van der Waals surface area contributed by atoms with E-state index in [4.69, 9.17) is 16.3 Å². The summed E-state index contributed by atoms with van der Waals surface area (Å²) >= 11 is 5.84. The van der Waals surface area contributed by atoms with Crippen LogP contribution in [0.2, 0.25) is 5.15 Å². The van der Waals surface area contributed by atoms with Gasteiger partial charge in [0.05, 0.1) is 11.3 Å². The van der Waals surface area contributed by atoms with E-state index in [1.54, 1.807) is 23.9 Å². The maximum Gasteiger partial charge on any atom is 0.332 e. The molecule has 1 aliphatic rings. The highest BCUT2D eigenvalue weighted by Crippen LogP contribution is 2.25. The Bertz CT molecular complexity index is 945. The van der Waals surface area contributed by atoms with Crippen molar-refractivity contribution in [2.24, 2.45) is 4.99 Å². The Balaban J connectivity index is 2.06. The molecule has 0 aliphatic carbocycles. The predicted octanol–water partition coefficient (Wildman–Crippen LogP) is 2.18. The number of fused-ring (bicyclic) bond motifs is 1. The molecule has 0 bridgehead atoms. The molecule has 2 aromatic heterocycles. The first-order chi connectivity index (χ1) is 12.6. The van der Waals surface area contributed by atoms with E-state index in [-0.39, 0.29) is 11.2 Å². The highest BCUT2D eigenvalue weighted by atomic mass is 35.5. The second-order valence-electron chi connectivity index (χ2n) is 6.14. The molecule has 0 spiro atoms. The number of methoxy groups -OCH3 is 1. The smallest absolute Gasteiger partial charge is 0.332 e.